The second-order valence-electron chi connectivity index (χ2n) is 5.84. The molecular weight excluding hydrogens is 266 g/mol. The molecule has 6 nitrogen and oxygen atoms in total. The van der Waals surface area contributed by atoms with Gasteiger partial charge in [-0.15, -0.1) is 5.10 Å². The number of carbonyl (C=O) groups is 1. The van der Waals surface area contributed by atoms with Gasteiger partial charge in [0.1, 0.15) is 0 Å². The van der Waals surface area contributed by atoms with E-state index in [0.717, 1.165) is 11.4 Å². The first-order chi connectivity index (χ1) is 9.96. The molecule has 2 rings (SSSR count). The molecule has 6 heteroatoms. The van der Waals surface area contributed by atoms with Gasteiger partial charge in [-0.2, -0.15) is 0 Å². The van der Waals surface area contributed by atoms with E-state index in [9.17, 15) is 4.79 Å². The number of nitrogens with one attached hydrogen (secondary N) is 2. The lowest BCUT2D eigenvalue weighted by Gasteiger charge is -2.20. The first kappa shape index (κ1) is 15.2. The Hall–Kier alpha value is -2.21. The Labute approximate surface area is 124 Å². The smallest absolute Gasteiger partial charge is 0.225 e. The van der Waals surface area contributed by atoms with Crippen LogP contribution in [0.25, 0.3) is 5.69 Å². The summed E-state index contributed by atoms with van der Waals surface area (Å²) in [5.41, 5.74) is 1.54. The topological polar surface area (TPSA) is 71.8 Å². The van der Waals surface area contributed by atoms with E-state index in [-0.39, 0.29) is 11.4 Å². The van der Waals surface area contributed by atoms with Crippen molar-refractivity contribution in [3.05, 3.63) is 36.7 Å². The van der Waals surface area contributed by atoms with E-state index < -0.39 is 0 Å². The van der Waals surface area contributed by atoms with Crippen molar-refractivity contribution in [2.45, 2.75) is 32.7 Å². The number of hydrogen-bond acceptors (Lipinski definition) is 4. The summed E-state index contributed by atoms with van der Waals surface area (Å²) in [7, 11) is 0. The Morgan fingerprint density at radius 2 is 2.05 bits per heavy atom. The van der Waals surface area contributed by atoms with Gasteiger partial charge in [0.05, 0.1) is 23.8 Å². The lowest BCUT2D eigenvalue weighted by Crippen LogP contribution is -2.37. The van der Waals surface area contributed by atoms with Gasteiger partial charge in [0, 0.05) is 18.5 Å². The third-order valence-electron chi connectivity index (χ3n) is 2.85. The molecule has 0 atom stereocenters. The molecular formula is C15H21N5O. The highest BCUT2D eigenvalue weighted by Crippen LogP contribution is 2.18. The van der Waals surface area contributed by atoms with Crippen molar-refractivity contribution in [3.63, 3.8) is 0 Å². The fraction of sp³-hybridized carbons (Fsp3) is 0.400. The molecule has 0 fully saturated rings. The minimum atomic E-state index is -0.0284. The third kappa shape index (κ3) is 4.68. The van der Waals surface area contributed by atoms with Crippen molar-refractivity contribution in [1.29, 1.82) is 0 Å². The minimum Gasteiger partial charge on any atom is -0.324 e. The number of amides is 1. The quantitative estimate of drug-likeness (QED) is 0.882. The van der Waals surface area contributed by atoms with Gasteiger partial charge < -0.3 is 10.6 Å². The fourth-order valence-corrected chi connectivity index (χ4v) is 1.88. The molecule has 0 unspecified atom stereocenters. The number of para-hydroxylation sites is 2. The second-order valence-corrected chi connectivity index (χ2v) is 5.84. The van der Waals surface area contributed by atoms with E-state index in [4.69, 9.17) is 0 Å². The van der Waals surface area contributed by atoms with Gasteiger partial charge in [0.25, 0.3) is 0 Å². The largest absolute Gasteiger partial charge is 0.324 e. The molecule has 0 spiro atoms. The molecule has 0 aliphatic rings. The number of anilines is 1. The Balaban J connectivity index is 1.99. The predicted molar refractivity (Wildman–Crippen MR) is 82.4 cm³/mol. The SMILES string of the molecule is CC(C)(C)NCCC(=O)Nc1ccccc1-n1ccnn1. The van der Waals surface area contributed by atoms with Gasteiger partial charge >= 0.3 is 0 Å². The second kappa shape index (κ2) is 6.49. The average molecular weight is 287 g/mol. The number of aromatic nitrogens is 3. The monoisotopic (exact) mass is 287 g/mol. The van der Waals surface area contributed by atoms with Crippen molar-refractivity contribution in [2.75, 3.05) is 11.9 Å². The Morgan fingerprint density at radius 1 is 1.29 bits per heavy atom. The van der Waals surface area contributed by atoms with Crippen molar-refractivity contribution < 1.29 is 4.79 Å². The van der Waals surface area contributed by atoms with Gasteiger partial charge in [-0.25, -0.2) is 4.68 Å². The minimum absolute atomic E-state index is 0.0128. The van der Waals surface area contributed by atoms with Gasteiger partial charge in [-0.3, -0.25) is 4.79 Å². The zero-order valence-corrected chi connectivity index (χ0v) is 12.6. The van der Waals surface area contributed by atoms with E-state index in [1.807, 2.05) is 24.3 Å². The normalized spacial score (nSPS) is 11.4. The maximum Gasteiger partial charge on any atom is 0.225 e. The number of benzene rings is 1. The van der Waals surface area contributed by atoms with Crippen LogP contribution in [0.1, 0.15) is 27.2 Å². The molecule has 1 amide bonds. The molecule has 0 aliphatic carbocycles. The summed E-state index contributed by atoms with van der Waals surface area (Å²) < 4.78 is 1.63. The Bertz CT molecular complexity index is 586. The van der Waals surface area contributed by atoms with Gasteiger partial charge in [-0.05, 0) is 32.9 Å². The molecule has 0 bridgehead atoms. The van der Waals surface area contributed by atoms with Crippen molar-refractivity contribution in [2.24, 2.45) is 0 Å². The maximum absolute atomic E-state index is 12.0. The molecule has 21 heavy (non-hydrogen) atoms. The molecule has 0 saturated heterocycles. The summed E-state index contributed by atoms with van der Waals surface area (Å²) in [6, 6.07) is 7.51. The zero-order valence-electron chi connectivity index (χ0n) is 12.6. The van der Waals surface area contributed by atoms with Crippen LogP contribution in [0.15, 0.2) is 36.7 Å². The van der Waals surface area contributed by atoms with Crippen LogP contribution in [-0.4, -0.2) is 33.0 Å². The first-order valence-corrected chi connectivity index (χ1v) is 6.96. The third-order valence-corrected chi connectivity index (χ3v) is 2.85. The van der Waals surface area contributed by atoms with Gasteiger partial charge in [0.2, 0.25) is 5.91 Å². The van der Waals surface area contributed by atoms with Crippen LogP contribution in [0.5, 0.6) is 0 Å². The van der Waals surface area contributed by atoms with E-state index >= 15 is 0 Å². The molecule has 0 aliphatic heterocycles. The average Bonchev–Trinajstić information content (AvgIpc) is 2.91. The summed E-state index contributed by atoms with van der Waals surface area (Å²) in [5.74, 6) is -0.0284. The van der Waals surface area contributed by atoms with Crippen LogP contribution in [-0.2, 0) is 4.79 Å². The summed E-state index contributed by atoms with van der Waals surface area (Å²) in [6.07, 6.45) is 3.76. The standard InChI is InChI=1S/C15H21N5O/c1-15(2,3)16-9-8-14(21)18-12-6-4-5-7-13(12)20-11-10-17-19-20/h4-7,10-11,16H,8-9H2,1-3H3,(H,18,21). The van der Waals surface area contributed by atoms with Crippen LogP contribution < -0.4 is 10.6 Å². The molecule has 2 aromatic rings. The van der Waals surface area contributed by atoms with Crippen LogP contribution in [0.3, 0.4) is 0 Å². The number of rotatable bonds is 5. The highest BCUT2D eigenvalue weighted by molar-refractivity contribution is 5.92. The highest BCUT2D eigenvalue weighted by Gasteiger charge is 2.11. The van der Waals surface area contributed by atoms with Crippen LogP contribution >= 0.6 is 0 Å². The van der Waals surface area contributed by atoms with E-state index in [1.165, 1.54) is 0 Å². The zero-order chi connectivity index (χ0) is 15.3. The summed E-state index contributed by atoms with van der Waals surface area (Å²) >= 11 is 0. The van der Waals surface area contributed by atoms with Crippen molar-refractivity contribution >= 4 is 11.6 Å². The molecule has 1 heterocycles. The lowest BCUT2D eigenvalue weighted by molar-refractivity contribution is -0.116. The highest BCUT2D eigenvalue weighted by atomic mass is 16.1. The van der Waals surface area contributed by atoms with E-state index in [0.29, 0.717) is 13.0 Å². The van der Waals surface area contributed by atoms with Crippen LogP contribution in [0.2, 0.25) is 0 Å². The predicted octanol–water partition coefficient (Wildman–Crippen LogP) is 1.98. The molecule has 1 aromatic heterocycles. The summed E-state index contributed by atoms with van der Waals surface area (Å²) in [6.45, 7) is 6.86. The number of nitrogens with zero attached hydrogens (tertiary/aromatic N) is 3. The van der Waals surface area contributed by atoms with E-state index in [2.05, 4.69) is 41.7 Å². The van der Waals surface area contributed by atoms with Crippen molar-refractivity contribution in [3.8, 4) is 5.69 Å². The van der Waals surface area contributed by atoms with Crippen LogP contribution in [0, 0.1) is 0 Å². The lowest BCUT2D eigenvalue weighted by atomic mass is 10.1. The van der Waals surface area contributed by atoms with Crippen LogP contribution in [0.4, 0.5) is 5.69 Å². The Morgan fingerprint density at radius 3 is 2.71 bits per heavy atom. The fourth-order valence-electron chi connectivity index (χ4n) is 1.88. The van der Waals surface area contributed by atoms with Gasteiger partial charge in [0.15, 0.2) is 0 Å². The first-order valence-electron chi connectivity index (χ1n) is 6.96. The van der Waals surface area contributed by atoms with Gasteiger partial charge in [-0.1, -0.05) is 17.3 Å². The Kier molecular flexibility index (Phi) is 4.70. The molecule has 1 aromatic carbocycles. The molecule has 2 N–H and O–H groups in total. The van der Waals surface area contributed by atoms with Crippen molar-refractivity contribution in [1.82, 2.24) is 20.3 Å². The molecule has 112 valence electrons. The number of carbonyl (C=O) groups excluding carboxylic acids is 1. The summed E-state index contributed by atoms with van der Waals surface area (Å²) in [4.78, 5) is 12.0. The number of hydrogen-bond donors (Lipinski definition) is 2. The summed E-state index contributed by atoms with van der Waals surface area (Å²) in [5, 5.41) is 13.9. The maximum atomic E-state index is 12.0. The molecule has 0 radical (unpaired) electrons. The van der Waals surface area contributed by atoms with E-state index in [1.54, 1.807) is 17.1 Å². The molecule has 0 saturated carbocycles.